The van der Waals surface area contributed by atoms with Gasteiger partial charge < -0.3 is 5.21 Å². The van der Waals surface area contributed by atoms with E-state index in [1.54, 1.807) is 0 Å². The third kappa shape index (κ3) is 0.862. The highest BCUT2D eigenvalue weighted by Gasteiger charge is 2.55. The average molecular weight is 179 g/mol. The van der Waals surface area contributed by atoms with Gasteiger partial charge in [-0.05, 0) is 30.3 Å². The van der Waals surface area contributed by atoms with E-state index < -0.39 is 0 Å². The zero-order valence-corrected chi connectivity index (χ0v) is 8.54. The van der Waals surface area contributed by atoms with Crippen LogP contribution >= 0.6 is 0 Å². The van der Waals surface area contributed by atoms with Gasteiger partial charge in [-0.1, -0.05) is 32.0 Å². The molecule has 1 fully saturated rings. The molecule has 0 aromatic carbocycles. The zero-order chi connectivity index (χ0) is 9.69. The molecule has 0 radical (unpaired) electrons. The number of rotatable bonds is 0. The van der Waals surface area contributed by atoms with Gasteiger partial charge in [-0.3, -0.25) is 0 Å². The number of hydrogen-bond acceptors (Lipinski definition) is 2. The van der Waals surface area contributed by atoms with Crippen molar-refractivity contribution in [2.75, 3.05) is 0 Å². The molecule has 1 N–H and O–H groups in total. The number of oxime groups is 1. The molecule has 0 saturated heterocycles. The minimum absolute atomic E-state index is 0.0706. The third-order valence-corrected chi connectivity index (χ3v) is 4.46. The van der Waals surface area contributed by atoms with Crippen LogP contribution in [0.2, 0.25) is 0 Å². The molecule has 2 atom stereocenters. The molecule has 0 unspecified atom stereocenters. The van der Waals surface area contributed by atoms with Crippen molar-refractivity contribution < 1.29 is 5.21 Å². The standard InChI is InChI=1S/C11H17NO/c1-10(2)8-4-5-9(12-13)11(10,3)7-6-8/h4-5,8,13H,6-7H2,1-3H3/b12-9+/t8-,11-/m1/s1. The molecule has 2 aliphatic rings. The number of hydrogen-bond donors (Lipinski definition) is 1. The summed E-state index contributed by atoms with van der Waals surface area (Å²) in [5.41, 5.74) is 1.16. The first-order valence-corrected chi connectivity index (χ1v) is 4.93. The van der Waals surface area contributed by atoms with E-state index in [9.17, 15) is 0 Å². The van der Waals surface area contributed by atoms with Crippen LogP contribution in [0.3, 0.4) is 0 Å². The Labute approximate surface area is 79.3 Å². The molecule has 2 nitrogen and oxygen atoms in total. The SMILES string of the molecule is CC1(C)[C@@H]2C=C/C(=N\O)[C@@]1(C)CC2. The van der Waals surface area contributed by atoms with E-state index in [2.05, 4.69) is 32.0 Å². The van der Waals surface area contributed by atoms with E-state index in [-0.39, 0.29) is 10.8 Å². The second-order valence-electron chi connectivity index (χ2n) is 5.04. The fourth-order valence-electron chi connectivity index (χ4n) is 2.87. The summed E-state index contributed by atoms with van der Waals surface area (Å²) in [4.78, 5) is 0. The lowest BCUT2D eigenvalue weighted by atomic mass is 9.61. The van der Waals surface area contributed by atoms with Crippen LogP contribution in [-0.4, -0.2) is 10.9 Å². The number of fused-ring (bicyclic) bond motifs is 2. The molecule has 72 valence electrons. The van der Waals surface area contributed by atoms with E-state index in [0.717, 1.165) is 12.1 Å². The summed E-state index contributed by atoms with van der Waals surface area (Å²) in [6, 6.07) is 0. The van der Waals surface area contributed by atoms with Crippen molar-refractivity contribution in [3.8, 4) is 0 Å². The summed E-state index contributed by atoms with van der Waals surface area (Å²) >= 11 is 0. The summed E-state index contributed by atoms with van der Waals surface area (Å²) in [5, 5.41) is 12.4. The van der Waals surface area contributed by atoms with Crippen LogP contribution in [0.1, 0.15) is 33.6 Å². The van der Waals surface area contributed by atoms with E-state index in [1.807, 2.05) is 6.08 Å². The summed E-state index contributed by atoms with van der Waals surface area (Å²) in [7, 11) is 0. The Balaban J connectivity index is 2.54. The van der Waals surface area contributed by atoms with Crippen LogP contribution in [0.4, 0.5) is 0 Å². The molecule has 2 rings (SSSR count). The predicted molar refractivity (Wildman–Crippen MR) is 53.0 cm³/mol. The summed E-state index contributed by atoms with van der Waals surface area (Å²) in [5.74, 6) is 0.656. The summed E-state index contributed by atoms with van der Waals surface area (Å²) < 4.78 is 0. The van der Waals surface area contributed by atoms with Gasteiger partial charge in [-0.2, -0.15) is 0 Å². The first-order chi connectivity index (χ1) is 6.02. The third-order valence-electron chi connectivity index (χ3n) is 4.46. The molecular weight excluding hydrogens is 162 g/mol. The van der Waals surface area contributed by atoms with Crippen LogP contribution < -0.4 is 0 Å². The van der Waals surface area contributed by atoms with Gasteiger partial charge in [0.15, 0.2) is 0 Å². The van der Waals surface area contributed by atoms with Gasteiger partial charge in [0.25, 0.3) is 0 Å². The molecule has 2 heteroatoms. The van der Waals surface area contributed by atoms with Gasteiger partial charge in [-0.25, -0.2) is 0 Å². The lowest BCUT2D eigenvalue weighted by Gasteiger charge is -2.43. The molecule has 2 bridgehead atoms. The van der Waals surface area contributed by atoms with Gasteiger partial charge in [0, 0.05) is 5.41 Å². The molecular formula is C11H17NO. The van der Waals surface area contributed by atoms with Crippen molar-refractivity contribution in [1.29, 1.82) is 0 Å². The predicted octanol–water partition coefficient (Wildman–Crippen LogP) is 2.83. The van der Waals surface area contributed by atoms with Crippen LogP contribution in [0.25, 0.3) is 0 Å². The molecule has 0 amide bonds. The Kier molecular flexibility index (Phi) is 1.60. The minimum Gasteiger partial charge on any atom is -0.411 e. The minimum atomic E-state index is 0.0706. The second-order valence-corrected chi connectivity index (χ2v) is 5.04. The van der Waals surface area contributed by atoms with Gasteiger partial charge in [0.05, 0.1) is 5.71 Å². The van der Waals surface area contributed by atoms with E-state index in [4.69, 9.17) is 5.21 Å². The lowest BCUT2D eigenvalue weighted by Crippen LogP contribution is -2.42. The highest BCUT2D eigenvalue weighted by atomic mass is 16.4. The monoisotopic (exact) mass is 179 g/mol. The Morgan fingerprint density at radius 3 is 2.77 bits per heavy atom. The van der Waals surface area contributed by atoms with Gasteiger partial charge in [-0.15, -0.1) is 0 Å². The van der Waals surface area contributed by atoms with Crippen molar-refractivity contribution in [3.05, 3.63) is 12.2 Å². The van der Waals surface area contributed by atoms with Crippen LogP contribution in [-0.2, 0) is 0 Å². The highest BCUT2D eigenvalue weighted by Crippen LogP contribution is 2.59. The Bertz CT molecular complexity index is 290. The van der Waals surface area contributed by atoms with E-state index in [1.165, 1.54) is 6.42 Å². The maximum atomic E-state index is 8.95. The fourth-order valence-corrected chi connectivity index (χ4v) is 2.87. The Morgan fingerprint density at radius 1 is 1.46 bits per heavy atom. The maximum absolute atomic E-state index is 8.95. The van der Waals surface area contributed by atoms with Crippen LogP contribution in [0.5, 0.6) is 0 Å². The first kappa shape index (κ1) is 8.79. The number of nitrogens with zero attached hydrogens (tertiary/aromatic N) is 1. The van der Waals surface area contributed by atoms with E-state index in [0.29, 0.717) is 5.92 Å². The van der Waals surface area contributed by atoms with Crippen LogP contribution in [0.15, 0.2) is 17.3 Å². The Morgan fingerprint density at radius 2 is 2.15 bits per heavy atom. The first-order valence-electron chi connectivity index (χ1n) is 4.93. The van der Waals surface area contributed by atoms with Gasteiger partial charge in [0.1, 0.15) is 0 Å². The van der Waals surface area contributed by atoms with Gasteiger partial charge in [0.2, 0.25) is 0 Å². The van der Waals surface area contributed by atoms with Crippen molar-refractivity contribution in [2.45, 2.75) is 33.6 Å². The average Bonchev–Trinajstić information content (AvgIpc) is 2.24. The molecule has 0 aromatic rings. The van der Waals surface area contributed by atoms with Crippen molar-refractivity contribution in [1.82, 2.24) is 0 Å². The van der Waals surface area contributed by atoms with Crippen molar-refractivity contribution in [3.63, 3.8) is 0 Å². The van der Waals surface area contributed by atoms with E-state index >= 15 is 0 Å². The molecule has 0 aliphatic heterocycles. The topological polar surface area (TPSA) is 32.6 Å². The van der Waals surface area contributed by atoms with Crippen LogP contribution in [0, 0.1) is 16.7 Å². The molecule has 0 aromatic heterocycles. The zero-order valence-electron chi connectivity index (χ0n) is 8.54. The number of allylic oxidation sites excluding steroid dienone is 2. The maximum Gasteiger partial charge on any atom is 0.0857 e. The Hall–Kier alpha value is -0.790. The second kappa shape index (κ2) is 2.37. The van der Waals surface area contributed by atoms with Gasteiger partial charge >= 0.3 is 0 Å². The molecule has 2 aliphatic carbocycles. The highest BCUT2D eigenvalue weighted by molar-refractivity contribution is 6.01. The fraction of sp³-hybridized carbons (Fsp3) is 0.727. The molecule has 0 heterocycles. The molecule has 0 spiro atoms. The lowest BCUT2D eigenvalue weighted by molar-refractivity contribution is 0.167. The molecule has 1 saturated carbocycles. The molecule has 13 heavy (non-hydrogen) atoms. The summed E-state index contributed by atoms with van der Waals surface area (Å²) in [6.07, 6.45) is 6.54. The summed E-state index contributed by atoms with van der Waals surface area (Å²) in [6.45, 7) is 6.77. The largest absolute Gasteiger partial charge is 0.411 e. The van der Waals surface area contributed by atoms with Crippen molar-refractivity contribution in [2.24, 2.45) is 21.9 Å². The van der Waals surface area contributed by atoms with Crippen molar-refractivity contribution >= 4 is 5.71 Å². The normalized spacial score (nSPS) is 44.2. The smallest absolute Gasteiger partial charge is 0.0857 e. The quantitative estimate of drug-likeness (QED) is 0.450.